The minimum Gasteiger partial charge on any atom is -0.480 e. The van der Waals surface area contributed by atoms with Crippen LogP contribution in [0.15, 0.2) is 0 Å². The molecule has 0 saturated heterocycles. The summed E-state index contributed by atoms with van der Waals surface area (Å²) in [5.74, 6) is -1.51. The standard InChI is InChI=1S/C11H20N2O4/c1-6(2)10(8(4)14)13-9(15)5-12-7(3)11(16)17/h6-7,10,12H,5H2,1-4H3,(H,13,15)(H,16,17). The van der Waals surface area contributed by atoms with Crippen molar-refractivity contribution in [3.8, 4) is 0 Å². The Morgan fingerprint density at radius 2 is 1.71 bits per heavy atom. The quantitative estimate of drug-likeness (QED) is 0.575. The van der Waals surface area contributed by atoms with Crippen molar-refractivity contribution in [1.29, 1.82) is 0 Å². The highest BCUT2D eigenvalue weighted by Crippen LogP contribution is 2.02. The predicted octanol–water partition coefficient (Wildman–Crippen LogP) is -0.221. The molecule has 3 N–H and O–H groups in total. The Hall–Kier alpha value is -1.43. The number of amides is 1. The lowest BCUT2D eigenvalue weighted by molar-refractivity contribution is -0.139. The van der Waals surface area contributed by atoms with Crippen LogP contribution in [0.5, 0.6) is 0 Å². The maximum atomic E-state index is 11.5. The molecule has 0 saturated carbocycles. The van der Waals surface area contributed by atoms with Gasteiger partial charge >= 0.3 is 5.97 Å². The van der Waals surface area contributed by atoms with Gasteiger partial charge in [0.15, 0.2) is 5.78 Å². The third-order valence-electron chi connectivity index (χ3n) is 2.36. The molecule has 0 aromatic heterocycles. The van der Waals surface area contributed by atoms with E-state index in [1.165, 1.54) is 13.8 Å². The summed E-state index contributed by atoms with van der Waals surface area (Å²) in [6.45, 7) is 6.40. The smallest absolute Gasteiger partial charge is 0.320 e. The third-order valence-corrected chi connectivity index (χ3v) is 2.36. The lowest BCUT2D eigenvalue weighted by Crippen LogP contribution is -2.48. The molecular weight excluding hydrogens is 224 g/mol. The number of carboxylic acids is 1. The molecule has 6 nitrogen and oxygen atoms in total. The number of carbonyl (C=O) groups is 3. The molecule has 98 valence electrons. The second kappa shape index (κ2) is 7.01. The fraction of sp³-hybridized carbons (Fsp3) is 0.727. The molecule has 0 rings (SSSR count). The number of ketones is 1. The number of carboxylic acid groups (broad SMARTS) is 1. The lowest BCUT2D eigenvalue weighted by Gasteiger charge is -2.20. The second-order valence-electron chi connectivity index (χ2n) is 4.34. The molecule has 17 heavy (non-hydrogen) atoms. The van der Waals surface area contributed by atoms with Gasteiger partial charge in [0, 0.05) is 0 Å². The van der Waals surface area contributed by atoms with E-state index in [1.54, 1.807) is 0 Å². The monoisotopic (exact) mass is 244 g/mol. The Kier molecular flexibility index (Phi) is 6.42. The molecule has 0 bridgehead atoms. The van der Waals surface area contributed by atoms with Gasteiger partial charge in [-0.1, -0.05) is 13.8 Å². The van der Waals surface area contributed by atoms with Crippen LogP contribution in [0.3, 0.4) is 0 Å². The fourth-order valence-corrected chi connectivity index (χ4v) is 1.30. The predicted molar refractivity (Wildman–Crippen MR) is 62.6 cm³/mol. The number of aliphatic carboxylic acids is 1. The van der Waals surface area contributed by atoms with Crippen LogP contribution in [-0.4, -0.2) is 41.4 Å². The molecule has 0 aliphatic rings. The van der Waals surface area contributed by atoms with E-state index in [9.17, 15) is 14.4 Å². The average Bonchev–Trinajstić information content (AvgIpc) is 2.21. The lowest BCUT2D eigenvalue weighted by atomic mass is 10.0. The Morgan fingerprint density at radius 3 is 2.06 bits per heavy atom. The summed E-state index contributed by atoms with van der Waals surface area (Å²) in [5, 5.41) is 13.7. The van der Waals surface area contributed by atoms with Crippen molar-refractivity contribution in [2.24, 2.45) is 5.92 Å². The van der Waals surface area contributed by atoms with Crippen molar-refractivity contribution in [2.45, 2.75) is 39.8 Å². The number of hydrogen-bond donors (Lipinski definition) is 3. The Balaban J connectivity index is 4.16. The summed E-state index contributed by atoms with van der Waals surface area (Å²) in [6.07, 6.45) is 0. The Bertz CT molecular complexity index is 302. The van der Waals surface area contributed by atoms with Crippen molar-refractivity contribution < 1.29 is 19.5 Å². The van der Waals surface area contributed by atoms with Crippen molar-refractivity contribution in [3.63, 3.8) is 0 Å². The van der Waals surface area contributed by atoms with Gasteiger partial charge in [0.2, 0.25) is 5.91 Å². The van der Waals surface area contributed by atoms with Crippen molar-refractivity contribution in [1.82, 2.24) is 10.6 Å². The van der Waals surface area contributed by atoms with Crippen LogP contribution in [0.25, 0.3) is 0 Å². The molecule has 0 fully saturated rings. The SMILES string of the molecule is CC(=O)C(NC(=O)CNC(C)C(=O)O)C(C)C. The van der Waals surface area contributed by atoms with Crippen LogP contribution in [0.2, 0.25) is 0 Å². The summed E-state index contributed by atoms with van der Waals surface area (Å²) >= 11 is 0. The second-order valence-corrected chi connectivity index (χ2v) is 4.34. The van der Waals surface area contributed by atoms with E-state index in [-0.39, 0.29) is 24.2 Å². The highest BCUT2D eigenvalue weighted by molar-refractivity contribution is 5.88. The maximum Gasteiger partial charge on any atom is 0.320 e. The van der Waals surface area contributed by atoms with Gasteiger partial charge in [-0.05, 0) is 19.8 Å². The molecule has 0 aromatic rings. The van der Waals surface area contributed by atoms with Crippen LogP contribution >= 0.6 is 0 Å². The molecule has 6 heteroatoms. The largest absolute Gasteiger partial charge is 0.480 e. The van der Waals surface area contributed by atoms with E-state index in [1.807, 2.05) is 13.8 Å². The first kappa shape index (κ1) is 15.6. The van der Waals surface area contributed by atoms with Gasteiger partial charge in [0.1, 0.15) is 6.04 Å². The van der Waals surface area contributed by atoms with Crippen LogP contribution in [0, 0.1) is 5.92 Å². The van der Waals surface area contributed by atoms with Crippen molar-refractivity contribution in [3.05, 3.63) is 0 Å². The number of rotatable bonds is 7. The van der Waals surface area contributed by atoms with E-state index >= 15 is 0 Å². The highest BCUT2D eigenvalue weighted by atomic mass is 16.4. The molecule has 0 heterocycles. The number of carbonyl (C=O) groups excluding carboxylic acids is 2. The van der Waals surface area contributed by atoms with Crippen LogP contribution in [0.4, 0.5) is 0 Å². The highest BCUT2D eigenvalue weighted by Gasteiger charge is 2.21. The van der Waals surface area contributed by atoms with Gasteiger partial charge < -0.3 is 10.4 Å². The topological polar surface area (TPSA) is 95.5 Å². The molecular formula is C11H20N2O4. The van der Waals surface area contributed by atoms with Crippen LogP contribution < -0.4 is 10.6 Å². The third kappa shape index (κ3) is 6.01. The van der Waals surface area contributed by atoms with Gasteiger partial charge in [-0.15, -0.1) is 0 Å². The van der Waals surface area contributed by atoms with E-state index in [2.05, 4.69) is 10.6 Å². The first-order valence-corrected chi connectivity index (χ1v) is 5.51. The van der Waals surface area contributed by atoms with E-state index in [0.29, 0.717) is 0 Å². The van der Waals surface area contributed by atoms with Gasteiger partial charge in [-0.25, -0.2) is 0 Å². The zero-order valence-corrected chi connectivity index (χ0v) is 10.6. The Morgan fingerprint density at radius 1 is 1.18 bits per heavy atom. The number of Topliss-reactive ketones (excluding diaryl/α,β-unsaturated/α-hetero) is 1. The minimum atomic E-state index is -1.02. The molecule has 0 spiro atoms. The molecule has 0 aromatic carbocycles. The number of nitrogens with one attached hydrogen (secondary N) is 2. The Labute approximate surface area is 101 Å². The van der Waals surface area contributed by atoms with E-state index in [0.717, 1.165) is 0 Å². The zero-order valence-electron chi connectivity index (χ0n) is 10.6. The summed E-state index contributed by atoms with van der Waals surface area (Å²) < 4.78 is 0. The fourth-order valence-electron chi connectivity index (χ4n) is 1.30. The molecule has 0 radical (unpaired) electrons. The zero-order chi connectivity index (χ0) is 13.6. The molecule has 1 amide bonds. The van der Waals surface area contributed by atoms with Gasteiger partial charge in [-0.3, -0.25) is 19.7 Å². The minimum absolute atomic E-state index is 0.00773. The summed E-state index contributed by atoms with van der Waals surface area (Å²) in [5.41, 5.74) is 0. The number of hydrogen-bond acceptors (Lipinski definition) is 4. The van der Waals surface area contributed by atoms with E-state index < -0.39 is 18.1 Å². The van der Waals surface area contributed by atoms with Crippen molar-refractivity contribution in [2.75, 3.05) is 6.54 Å². The molecule has 2 atom stereocenters. The first-order chi connectivity index (χ1) is 7.75. The van der Waals surface area contributed by atoms with E-state index in [4.69, 9.17) is 5.11 Å². The van der Waals surface area contributed by atoms with Gasteiger partial charge in [-0.2, -0.15) is 0 Å². The summed E-state index contributed by atoms with van der Waals surface area (Å²) in [6, 6.07) is -1.32. The van der Waals surface area contributed by atoms with Gasteiger partial charge in [0.25, 0.3) is 0 Å². The molecule has 0 aliphatic heterocycles. The van der Waals surface area contributed by atoms with Gasteiger partial charge in [0.05, 0.1) is 12.6 Å². The van der Waals surface area contributed by atoms with Crippen LogP contribution in [-0.2, 0) is 14.4 Å². The molecule has 0 aliphatic carbocycles. The normalized spacial score (nSPS) is 14.2. The summed E-state index contributed by atoms with van der Waals surface area (Å²) in [7, 11) is 0. The van der Waals surface area contributed by atoms with Crippen molar-refractivity contribution >= 4 is 17.7 Å². The maximum absolute atomic E-state index is 11.5. The summed E-state index contributed by atoms with van der Waals surface area (Å²) in [4.78, 5) is 33.2. The average molecular weight is 244 g/mol. The first-order valence-electron chi connectivity index (χ1n) is 5.51. The molecule has 2 unspecified atom stereocenters. The van der Waals surface area contributed by atoms with Crippen LogP contribution in [0.1, 0.15) is 27.7 Å².